The SMILES string of the molecule is Br.[I][Mg][I]. The van der Waals surface area contributed by atoms with E-state index in [4.69, 9.17) is 0 Å². The average Bonchev–Trinajstić information content (AvgIpc) is 0.918. The molecule has 4 heavy (non-hydrogen) atoms. The van der Waals surface area contributed by atoms with Crippen molar-refractivity contribution in [2.45, 2.75) is 0 Å². The molecular weight excluding hydrogens is 358 g/mol. The van der Waals surface area contributed by atoms with Gasteiger partial charge in [0.05, 0.1) is 0 Å². The second kappa shape index (κ2) is 9.20. The summed E-state index contributed by atoms with van der Waals surface area (Å²) in [5.74, 6) is 0. The van der Waals surface area contributed by atoms with Crippen molar-refractivity contribution in [3.63, 3.8) is 0 Å². The topological polar surface area (TPSA) is 0 Å². The summed E-state index contributed by atoms with van der Waals surface area (Å²) >= 11 is 5.18. The molecule has 24 valence electrons. The Kier molecular flexibility index (Phi) is 22.7. The largest absolute Gasteiger partial charge is 0.552 e. The van der Waals surface area contributed by atoms with Gasteiger partial charge in [-0.05, 0) is 0 Å². The highest BCUT2D eigenvalue weighted by molar-refractivity contribution is 14.3. The van der Waals surface area contributed by atoms with E-state index in [0.29, 0.717) is 12.6 Å². The standard InChI is InChI=1S/BrH.2HI.Mg/h3*1H;/q;;;+2/p-2. The maximum atomic E-state index is 2.41. The lowest BCUT2D eigenvalue weighted by atomic mass is 24.3. The monoisotopic (exact) mass is 358 g/mol. The maximum Gasteiger partial charge on any atom is 0.552 e. The van der Waals surface area contributed by atoms with Crippen LogP contribution in [0.4, 0.5) is 0 Å². The fourth-order valence-corrected chi connectivity index (χ4v) is 0. The summed E-state index contributed by atoms with van der Waals surface area (Å²) in [6.45, 7) is 0. The molecule has 0 bridgehead atoms. The molecule has 0 unspecified atom stereocenters. The van der Waals surface area contributed by atoms with Crippen LogP contribution in [0.3, 0.4) is 0 Å². The number of halogens is 3. The summed E-state index contributed by atoms with van der Waals surface area (Å²) in [5, 5.41) is 0. The Morgan fingerprint density at radius 3 is 1.25 bits per heavy atom. The van der Waals surface area contributed by atoms with Crippen molar-refractivity contribution in [2.75, 3.05) is 0 Å². The van der Waals surface area contributed by atoms with Crippen LogP contribution in [0.25, 0.3) is 0 Å². The summed E-state index contributed by atoms with van der Waals surface area (Å²) in [4.78, 5) is 0. The van der Waals surface area contributed by atoms with Crippen LogP contribution in [0.5, 0.6) is 0 Å². The lowest BCUT2D eigenvalue weighted by Crippen LogP contribution is -1.30. The smallest absolute Gasteiger partial charge is 0.276 e. The molecule has 0 radical (unpaired) electrons. The van der Waals surface area contributed by atoms with Crippen LogP contribution < -0.4 is 0 Å². The lowest BCUT2D eigenvalue weighted by Gasteiger charge is -1.33. The molecule has 0 spiro atoms. The van der Waals surface area contributed by atoms with Crippen LogP contribution in [-0.4, -0.2) is 12.6 Å². The molecule has 0 nitrogen and oxygen atoms in total. The lowest BCUT2D eigenvalue weighted by molar-refractivity contribution is 5.52. The van der Waals surface area contributed by atoms with E-state index >= 15 is 0 Å². The molecule has 0 saturated carbocycles. The average molecular weight is 359 g/mol. The van der Waals surface area contributed by atoms with Gasteiger partial charge >= 0.3 is 12.6 Å². The molecule has 0 aromatic heterocycles. The van der Waals surface area contributed by atoms with Crippen LogP contribution in [0.1, 0.15) is 0 Å². The molecule has 0 N–H and O–H groups in total. The molecule has 0 heterocycles. The van der Waals surface area contributed by atoms with Crippen LogP contribution in [0.15, 0.2) is 0 Å². The highest BCUT2D eigenvalue weighted by Gasteiger charge is 1.61. The third kappa shape index (κ3) is 8.83. The summed E-state index contributed by atoms with van der Waals surface area (Å²) in [6.07, 6.45) is 0. The van der Waals surface area contributed by atoms with Crippen molar-refractivity contribution in [1.29, 1.82) is 0 Å². The summed E-state index contributed by atoms with van der Waals surface area (Å²) in [5.41, 5.74) is 0. The molecule has 0 saturated heterocycles. The summed E-state index contributed by atoms with van der Waals surface area (Å²) in [6, 6.07) is 0. The molecule has 0 amide bonds. The first-order chi connectivity index (χ1) is 1.41. The molecule has 0 aliphatic heterocycles. The molecule has 0 atom stereocenters. The van der Waals surface area contributed by atoms with E-state index in [-0.39, 0.29) is 17.0 Å². The predicted molar refractivity (Wildman–Crippen MR) is 44.1 cm³/mol. The molecule has 0 fully saturated rings. The highest BCUT2D eigenvalue weighted by atomic mass is 127. The molecule has 0 aromatic carbocycles. The van der Waals surface area contributed by atoms with Crippen molar-refractivity contribution < 1.29 is 0 Å². The first kappa shape index (κ1) is 9.86. The minimum absolute atomic E-state index is 0. The van der Waals surface area contributed by atoms with Gasteiger partial charge in [0.2, 0.25) is 0 Å². The van der Waals surface area contributed by atoms with Crippen LogP contribution >= 0.6 is 54.7 Å². The minimum Gasteiger partial charge on any atom is -0.276 e. The fourth-order valence-electron chi connectivity index (χ4n) is 0. The first-order valence-electron chi connectivity index (χ1n) is 0.535. The Morgan fingerprint density at radius 2 is 1.25 bits per heavy atom. The van der Waals surface area contributed by atoms with Crippen molar-refractivity contribution in [3.8, 4) is 0 Å². The zero-order valence-corrected chi connectivity index (χ0v) is 9.31. The van der Waals surface area contributed by atoms with E-state index in [9.17, 15) is 0 Å². The zero-order valence-electron chi connectivity index (χ0n) is 1.87. The van der Waals surface area contributed by atoms with E-state index < -0.39 is 0 Å². The summed E-state index contributed by atoms with van der Waals surface area (Å²) in [7, 11) is 0. The molecule has 0 aliphatic carbocycles. The first-order valence-corrected chi connectivity index (χ1v) is 10.8. The second-order valence-electron chi connectivity index (χ2n) is 0.101. The van der Waals surface area contributed by atoms with Crippen LogP contribution in [-0.2, 0) is 0 Å². The Bertz CT molecular complexity index is 6.00. The Labute approximate surface area is 65.7 Å². The molecule has 0 aliphatic rings. The molecular formula is HBrI2Mg. The second-order valence-corrected chi connectivity index (χ2v) is 13.6. The predicted octanol–water partition coefficient (Wildman–Crippen LogP) is 1.97. The van der Waals surface area contributed by atoms with Crippen molar-refractivity contribution in [3.05, 3.63) is 0 Å². The van der Waals surface area contributed by atoms with Gasteiger partial charge in [-0.2, -0.15) is 0 Å². The fraction of sp³-hybridized carbons (Fsp3) is 0. The van der Waals surface area contributed by atoms with Gasteiger partial charge in [0.1, 0.15) is 0 Å². The van der Waals surface area contributed by atoms with E-state index in [1.54, 1.807) is 0 Å². The Morgan fingerprint density at radius 1 is 1.25 bits per heavy atom. The Balaban J connectivity index is 0. The quantitative estimate of drug-likeness (QED) is 0.459. The number of rotatable bonds is 0. The van der Waals surface area contributed by atoms with E-state index in [0.717, 1.165) is 0 Å². The van der Waals surface area contributed by atoms with Gasteiger partial charge in [-0.15, -0.1) is 17.0 Å². The zero-order chi connectivity index (χ0) is 2.71. The highest BCUT2D eigenvalue weighted by Crippen LogP contribution is 1.80. The van der Waals surface area contributed by atoms with Gasteiger partial charge in [0, 0.05) is 0 Å². The van der Waals surface area contributed by atoms with Crippen molar-refractivity contribution in [1.82, 2.24) is 0 Å². The van der Waals surface area contributed by atoms with Gasteiger partial charge in [-0.25, -0.2) is 0 Å². The Hall–Kier alpha value is 2.71. The number of hydrogen-bond acceptors (Lipinski definition) is 0. The number of hydrogen-bond donors (Lipinski definition) is 0. The van der Waals surface area contributed by atoms with E-state index in [1.165, 1.54) is 0 Å². The van der Waals surface area contributed by atoms with Crippen molar-refractivity contribution >= 4 is 67.3 Å². The van der Waals surface area contributed by atoms with Gasteiger partial charge in [-0.1, -0.05) is 0 Å². The van der Waals surface area contributed by atoms with Crippen LogP contribution in [0, 0.1) is 0 Å². The molecule has 0 aromatic rings. The third-order valence-corrected chi connectivity index (χ3v) is 0. The summed E-state index contributed by atoms with van der Waals surface area (Å²) < 4.78 is 0. The van der Waals surface area contributed by atoms with Gasteiger partial charge in [0.15, 0.2) is 0 Å². The minimum atomic E-state index is 0. The van der Waals surface area contributed by atoms with Gasteiger partial charge in [0.25, 0.3) is 0 Å². The van der Waals surface area contributed by atoms with E-state index in [2.05, 4.69) is 37.7 Å². The normalized spacial score (nSPS) is 2.50. The molecule has 4 heteroatoms. The third-order valence-electron chi connectivity index (χ3n) is 0. The molecule has 0 rings (SSSR count). The van der Waals surface area contributed by atoms with Crippen molar-refractivity contribution in [2.24, 2.45) is 0 Å². The van der Waals surface area contributed by atoms with E-state index in [1.807, 2.05) is 0 Å². The van der Waals surface area contributed by atoms with Gasteiger partial charge < -0.3 is 0 Å². The van der Waals surface area contributed by atoms with Crippen LogP contribution in [0.2, 0.25) is 0 Å². The van der Waals surface area contributed by atoms with Gasteiger partial charge in [-0.3, -0.25) is 37.7 Å². The maximum absolute atomic E-state index is 2.41.